The minimum atomic E-state index is -0.0735. The zero-order chi connectivity index (χ0) is 22.9. The molecule has 2 atom stereocenters. The van der Waals surface area contributed by atoms with Crippen LogP contribution >= 0.6 is 23.8 Å². The van der Waals surface area contributed by atoms with Gasteiger partial charge in [0, 0.05) is 36.5 Å². The van der Waals surface area contributed by atoms with Crippen molar-refractivity contribution in [2.24, 2.45) is 0 Å². The first kappa shape index (κ1) is 21.6. The van der Waals surface area contributed by atoms with Gasteiger partial charge < -0.3 is 14.8 Å². The predicted octanol–water partition coefficient (Wildman–Crippen LogP) is 5.71. The minimum Gasteiger partial charge on any atom is -0.352 e. The highest BCUT2D eigenvalue weighted by molar-refractivity contribution is 7.80. The first-order valence-electron chi connectivity index (χ1n) is 10.9. The molecule has 0 radical (unpaired) electrons. The molecule has 4 aromatic rings. The highest BCUT2D eigenvalue weighted by Crippen LogP contribution is 2.42. The van der Waals surface area contributed by atoms with Gasteiger partial charge >= 0.3 is 0 Å². The summed E-state index contributed by atoms with van der Waals surface area (Å²) in [5, 5.41) is 4.97. The van der Waals surface area contributed by atoms with Gasteiger partial charge in [0.25, 0.3) is 0 Å². The molecule has 0 amide bonds. The Morgan fingerprint density at radius 2 is 1.85 bits per heavy atom. The van der Waals surface area contributed by atoms with E-state index in [0.29, 0.717) is 11.7 Å². The van der Waals surface area contributed by atoms with Crippen molar-refractivity contribution >= 4 is 28.9 Å². The molecule has 0 bridgehead atoms. The van der Waals surface area contributed by atoms with Crippen molar-refractivity contribution in [3.05, 3.63) is 112 Å². The number of para-hydroxylation sites is 1. The van der Waals surface area contributed by atoms with Gasteiger partial charge in [-0.1, -0.05) is 35.9 Å². The summed E-state index contributed by atoms with van der Waals surface area (Å²) < 4.78 is 2.22. The molecule has 0 saturated carbocycles. The largest absolute Gasteiger partial charge is 0.352 e. The number of rotatable bonds is 5. The van der Waals surface area contributed by atoms with E-state index in [1.165, 1.54) is 5.56 Å². The molecule has 1 aliphatic heterocycles. The van der Waals surface area contributed by atoms with Gasteiger partial charge in [0.15, 0.2) is 5.11 Å². The third-order valence-corrected chi connectivity index (χ3v) is 6.83. The van der Waals surface area contributed by atoms with Gasteiger partial charge in [-0.05, 0) is 73.6 Å². The number of nitrogens with one attached hydrogen (secondary N) is 1. The second-order valence-corrected chi connectivity index (χ2v) is 9.02. The monoisotopic (exact) mass is 473 g/mol. The van der Waals surface area contributed by atoms with Crippen LogP contribution in [-0.2, 0) is 6.54 Å². The van der Waals surface area contributed by atoms with Gasteiger partial charge in [-0.25, -0.2) is 0 Å². The van der Waals surface area contributed by atoms with Gasteiger partial charge in [-0.3, -0.25) is 9.97 Å². The molecule has 5 rings (SSSR count). The van der Waals surface area contributed by atoms with E-state index in [9.17, 15) is 0 Å². The SMILES string of the molecule is Cc1cc([C@@H]2[C@H](c3ccccn3)NC(=S)N2Cc2cccnc2)c(C)n1-c1ccccc1Cl. The lowest BCUT2D eigenvalue weighted by molar-refractivity contribution is 0.310. The number of hydrogen-bond donors (Lipinski definition) is 1. The number of thiocarbonyl (C=S) groups is 1. The third-order valence-electron chi connectivity index (χ3n) is 6.16. The zero-order valence-corrected chi connectivity index (χ0v) is 20.0. The highest BCUT2D eigenvalue weighted by Gasteiger charge is 2.41. The van der Waals surface area contributed by atoms with E-state index in [0.717, 1.165) is 33.4 Å². The molecule has 7 heteroatoms. The Balaban J connectivity index is 1.63. The van der Waals surface area contributed by atoms with Crippen LogP contribution in [0.25, 0.3) is 5.69 Å². The van der Waals surface area contributed by atoms with E-state index in [4.69, 9.17) is 23.8 Å². The normalized spacial score (nSPS) is 17.9. The molecule has 1 N–H and O–H groups in total. The van der Waals surface area contributed by atoms with E-state index in [2.05, 4.69) is 50.7 Å². The van der Waals surface area contributed by atoms with Crippen LogP contribution in [0, 0.1) is 13.8 Å². The van der Waals surface area contributed by atoms with Crippen molar-refractivity contribution in [3.8, 4) is 5.69 Å². The maximum atomic E-state index is 6.57. The van der Waals surface area contributed by atoms with Crippen LogP contribution in [0.5, 0.6) is 0 Å². The Hall–Kier alpha value is -3.22. The van der Waals surface area contributed by atoms with Gasteiger partial charge in [-0.15, -0.1) is 0 Å². The number of aromatic nitrogens is 3. The lowest BCUT2D eigenvalue weighted by atomic mass is 9.96. The number of hydrogen-bond acceptors (Lipinski definition) is 3. The smallest absolute Gasteiger partial charge is 0.170 e. The van der Waals surface area contributed by atoms with Crippen LogP contribution in [0.1, 0.15) is 40.3 Å². The van der Waals surface area contributed by atoms with Crippen molar-refractivity contribution in [1.82, 2.24) is 24.8 Å². The predicted molar refractivity (Wildman–Crippen MR) is 135 cm³/mol. The quantitative estimate of drug-likeness (QED) is 0.376. The van der Waals surface area contributed by atoms with Crippen molar-refractivity contribution in [2.45, 2.75) is 32.5 Å². The van der Waals surface area contributed by atoms with Crippen molar-refractivity contribution in [1.29, 1.82) is 0 Å². The standard InChI is InChI=1S/C26H24ClN5S/c1-17-14-20(18(2)32(17)23-11-4-3-9-21(23)27)25-24(22-10-5-6-13-29-22)30-26(33)31(25)16-19-8-7-12-28-15-19/h3-15,24-25H,16H2,1-2H3,(H,30,33)/t24-,25+/m0/s1. The molecule has 1 saturated heterocycles. The molecular formula is C26H24ClN5S. The summed E-state index contributed by atoms with van der Waals surface area (Å²) in [6, 6.07) is 20.1. The molecule has 1 aliphatic rings. The van der Waals surface area contributed by atoms with E-state index < -0.39 is 0 Å². The molecule has 0 spiro atoms. The zero-order valence-electron chi connectivity index (χ0n) is 18.4. The fourth-order valence-corrected chi connectivity index (χ4v) is 5.22. The molecule has 3 aromatic heterocycles. The van der Waals surface area contributed by atoms with Crippen LogP contribution in [0.4, 0.5) is 0 Å². The second-order valence-electron chi connectivity index (χ2n) is 8.23. The third kappa shape index (κ3) is 4.01. The van der Waals surface area contributed by atoms with Gasteiger partial charge in [0.05, 0.1) is 28.5 Å². The molecule has 0 unspecified atom stereocenters. The number of pyridine rings is 2. The van der Waals surface area contributed by atoms with Gasteiger partial charge in [-0.2, -0.15) is 0 Å². The Morgan fingerprint density at radius 3 is 2.58 bits per heavy atom. The van der Waals surface area contributed by atoms with E-state index >= 15 is 0 Å². The number of aryl methyl sites for hydroxylation is 1. The average Bonchev–Trinajstić information content (AvgIpc) is 3.30. The lowest BCUT2D eigenvalue weighted by Gasteiger charge is -2.28. The Labute approximate surface area is 204 Å². The molecule has 5 nitrogen and oxygen atoms in total. The molecule has 1 fully saturated rings. The van der Waals surface area contributed by atoms with Gasteiger partial charge in [0.1, 0.15) is 0 Å². The number of nitrogens with zero attached hydrogens (tertiary/aromatic N) is 4. The molecule has 166 valence electrons. The second kappa shape index (κ2) is 8.96. The summed E-state index contributed by atoms with van der Waals surface area (Å²) in [4.78, 5) is 11.2. The summed E-state index contributed by atoms with van der Waals surface area (Å²) in [7, 11) is 0. The highest BCUT2D eigenvalue weighted by atomic mass is 35.5. The minimum absolute atomic E-state index is 0.0324. The lowest BCUT2D eigenvalue weighted by Crippen LogP contribution is -2.29. The van der Waals surface area contributed by atoms with Crippen LogP contribution in [-0.4, -0.2) is 24.5 Å². The Morgan fingerprint density at radius 1 is 1.03 bits per heavy atom. The van der Waals surface area contributed by atoms with E-state index in [1.807, 2.05) is 60.9 Å². The fraction of sp³-hybridized carbons (Fsp3) is 0.192. The van der Waals surface area contributed by atoms with Crippen LogP contribution in [0.2, 0.25) is 5.02 Å². The Bertz CT molecular complexity index is 1290. The maximum Gasteiger partial charge on any atom is 0.170 e. The van der Waals surface area contributed by atoms with Crippen molar-refractivity contribution in [2.75, 3.05) is 0 Å². The van der Waals surface area contributed by atoms with Crippen molar-refractivity contribution in [3.63, 3.8) is 0 Å². The summed E-state index contributed by atoms with van der Waals surface area (Å²) >= 11 is 12.4. The van der Waals surface area contributed by atoms with Crippen LogP contribution in [0.15, 0.2) is 79.3 Å². The summed E-state index contributed by atoms with van der Waals surface area (Å²) in [5.41, 5.74) is 6.49. The molecule has 4 heterocycles. The topological polar surface area (TPSA) is 46.0 Å². The van der Waals surface area contributed by atoms with Crippen LogP contribution < -0.4 is 5.32 Å². The molecular weight excluding hydrogens is 450 g/mol. The van der Waals surface area contributed by atoms with Crippen molar-refractivity contribution < 1.29 is 0 Å². The van der Waals surface area contributed by atoms with Crippen LogP contribution in [0.3, 0.4) is 0 Å². The number of benzene rings is 1. The molecule has 1 aromatic carbocycles. The summed E-state index contributed by atoms with van der Waals surface area (Å²) in [5.74, 6) is 0. The molecule has 33 heavy (non-hydrogen) atoms. The molecule has 0 aliphatic carbocycles. The first-order valence-corrected chi connectivity index (χ1v) is 11.6. The fourth-order valence-electron chi connectivity index (χ4n) is 4.69. The first-order chi connectivity index (χ1) is 16.0. The summed E-state index contributed by atoms with van der Waals surface area (Å²) in [6.07, 6.45) is 5.50. The Kier molecular flexibility index (Phi) is 5.87. The van der Waals surface area contributed by atoms with E-state index in [-0.39, 0.29) is 12.1 Å². The number of halogens is 1. The maximum absolute atomic E-state index is 6.57. The summed E-state index contributed by atoms with van der Waals surface area (Å²) in [6.45, 7) is 4.91. The average molecular weight is 474 g/mol. The van der Waals surface area contributed by atoms with Gasteiger partial charge in [0.2, 0.25) is 0 Å². The van der Waals surface area contributed by atoms with E-state index in [1.54, 1.807) is 6.20 Å².